The Bertz CT molecular complexity index is 1230. The van der Waals surface area contributed by atoms with E-state index in [1.54, 1.807) is 32.9 Å². The summed E-state index contributed by atoms with van der Waals surface area (Å²) in [6, 6.07) is 9.49. The summed E-state index contributed by atoms with van der Waals surface area (Å²) in [5.41, 5.74) is -0.165. The van der Waals surface area contributed by atoms with Gasteiger partial charge >= 0.3 is 0 Å². The lowest BCUT2D eigenvalue weighted by molar-refractivity contribution is -0.140. The molecule has 1 unspecified atom stereocenters. The molecule has 2 amide bonds. The van der Waals surface area contributed by atoms with E-state index in [0.29, 0.717) is 24.7 Å². The van der Waals surface area contributed by atoms with Crippen LogP contribution < -0.4 is 19.1 Å². The Morgan fingerprint density at radius 3 is 2.33 bits per heavy atom. The van der Waals surface area contributed by atoms with E-state index in [1.165, 1.54) is 42.2 Å². The van der Waals surface area contributed by atoms with Gasteiger partial charge in [-0.1, -0.05) is 18.2 Å². The van der Waals surface area contributed by atoms with Gasteiger partial charge in [0.05, 0.1) is 11.9 Å². The second-order valence-electron chi connectivity index (χ2n) is 9.63. The standard InChI is InChI=1S/C25H32FN3O6S/c1-17(24(31)27-25(2,3)4)28(15-18-8-6-7-9-20(18)26)23(30)16-29(36(5,32)33)19-10-11-21-22(14-19)35-13-12-34-21/h6-11,14,17H,12-13,15-16H2,1-5H3,(H,27,31). The fourth-order valence-corrected chi connectivity index (χ4v) is 4.51. The summed E-state index contributed by atoms with van der Waals surface area (Å²) in [6.45, 7) is 6.79. The van der Waals surface area contributed by atoms with Crippen LogP contribution in [-0.2, 0) is 26.2 Å². The van der Waals surface area contributed by atoms with E-state index < -0.39 is 45.8 Å². The number of anilines is 1. The van der Waals surface area contributed by atoms with Gasteiger partial charge in [-0.15, -0.1) is 0 Å². The number of fused-ring (bicyclic) bond motifs is 1. The van der Waals surface area contributed by atoms with Crippen molar-refractivity contribution >= 4 is 27.5 Å². The van der Waals surface area contributed by atoms with Crippen molar-refractivity contribution < 1.29 is 31.9 Å². The van der Waals surface area contributed by atoms with Gasteiger partial charge in [-0.05, 0) is 45.9 Å². The van der Waals surface area contributed by atoms with Crippen LogP contribution in [0.1, 0.15) is 33.3 Å². The number of benzene rings is 2. The molecule has 0 aromatic heterocycles. The van der Waals surface area contributed by atoms with Gasteiger partial charge in [-0.3, -0.25) is 13.9 Å². The van der Waals surface area contributed by atoms with Crippen LogP contribution in [0.25, 0.3) is 0 Å². The van der Waals surface area contributed by atoms with Gasteiger partial charge in [0.15, 0.2) is 11.5 Å². The predicted molar refractivity (Wildman–Crippen MR) is 134 cm³/mol. The monoisotopic (exact) mass is 521 g/mol. The zero-order valence-electron chi connectivity index (χ0n) is 21.1. The van der Waals surface area contributed by atoms with Gasteiger partial charge < -0.3 is 19.7 Å². The third-order valence-electron chi connectivity index (χ3n) is 5.46. The van der Waals surface area contributed by atoms with Crippen molar-refractivity contribution in [1.29, 1.82) is 0 Å². The molecule has 2 aromatic rings. The molecule has 36 heavy (non-hydrogen) atoms. The number of halogens is 1. The van der Waals surface area contributed by atoms with Crippen LogP contribution in [0.3, 0.4) is 0 Å². The minimum absolute atomic E-state index is 0.200. The Hall–Kier alpha value is -3.34. The van der Waals surface area contributed by atoms with Crippen LogP contribution in [-0.4, -0.2) is 62.7 Å². The first-order chi connectivity index (χ1) is 16.8. The molecule has 0 fully saturated rings. The third kappa shape index (κ3) is 6.87. The van der Waals surface area contributed by atoms with Gasteiger partial charge in [0.25, 0.3) is 0 Å². The van der Waals surface area contributed by atoms with Gasteiger partial charge in [-0.25, -0.2) is 12.8 Å². The van der Waals surface area contributed by atoms with Crippen molar-refractivity contribution in [2.45, 2.75) is 45.8 Å². The average molecular weight is 522 g/mol. The highest BCUT2D eigenvalue weighted by Gasteiger charge is 2.32. The van der Waals surface area contributed by atoms with E-state index in [4.69, 9.17) is 9.47 Å². The molecule has 0 saturated carbocycles. The Morgan fingerprint density at radius 1 is 1.08 bits per heavy atom. The van der Waals surface area contributed by atoms with E-state index in [9.17, 15) is 22.4 Å². The van der Waals surface area contributed by atoms with Crippen LogP contribution in [0.5, 0.6) is 11.5 Å². The van der Waals surface area contributed by atoms with Crippen molar-refractivity contribution in [3.05, 3.63) is 53.8 Å². The molecule has 1 N–H and O–H groups in total. The van der Waals surface area contributed by atoms with Crippen molar-refractivity contribution in [1.82, 2.24) is 10.2 Å². The second-order valence-corrected chi connectivity index (χ2v) is 11.5. The minimum Gasteiger partial charge on any atom is -0.486 e. The zero-order chi connectivity index (χ0) is 26.7. The SMILES string of the molecule is CC(C(=O)NC(C)(C)C)N(Cc1ccccc1F)C(=O)CN(c1ccc2c(c1)OCCO2)S(C)(=O)=O. The maximum Gasteiger partial charge on any atom is 0.244 e. The smallest absolute Gasteiger partial charge is 0.244 e. The van der Waals surface area contributed by atoms with Gasteiger partial charge in [0, 0.05) is 23.7 Å². The van der Waals surface area contributed by atoms with E-state index in [-0.39, 0.29) is 17.8 Å². The molecule has 1 heterocycles. The summed E-state index contributed by atoms with van der Waals surface area (Å²) >= 11 is 0. The van der Waals surface area contributed by atoms with E-state index in [2.05, 4.69) is 5.32 Å². The highest BCUT2D eigenvalue weighted by Crippen LogP contribution is 2.34. The highest BCUT2D eigenvalue weighted by atomic mass is 32.2. The predicted octanol–water partition coefficient (Wildman–Crippen LogP) is 2.69. The number of ether oxygens (including phenoxy) is 2. The molecule has 0 spiro atoms. The van der Waals surface area contributed by atoms with Gasteiger partial charge in [0.2, 0.25) is 21.8 Å². The summed E-state index contributed by atoms with van der Waals surface area (Å²) in [5, 5.41) is 2.82. The van der Waals surface area contributed by atoms with Gasteiger partial charge in [0.1, 0.15) is 31.6 Å². The van der Waals surface area contributed by atoms with E-state index in [0.717, 1.165) is 10.6 Å². The lowest BCUT2D eigenvalue weighted by atomic mass is 10.1. The molecule has 3 rings (SSSR count). The maximum absolute atomic E-state index is 14.5. The molecule has 2 aromatic carbocycles. The lowest BCUT2D eigenvalue weighted by Crippen LogP contribution is -2.54. The minimum atomic E-state index is -3.91. The average Bonchev–Trinajstić information content (AvgIpc) is 2.79. The number of hydrogen-bond donors (Lipinski definition) is 1. The zero-order valence-corrected chi connectivity index (χ0v) is 21.9. The molecule has 196 valence electrons. The van der Waals surface area contributed by atoms with Crippen LogP contribution in [0.2, 0.25) is 0 Å². The molecule has 0 radical (unpaired) electrons. The molecule has 1 aliphatic rings. The number of nitrogens with one attached hydrogen (secondary N) is 1. The number of nitrogens with zero attached hydrogens (tertiary/aromatic N) is 2. The molecular weight excluding hydrogens is 489 g/mol. The number of rotatable bonds is 8. The molecule has 1 atom stereocenters. The number of hydrogen-bond acceptors (Lipinski definition) is 6. The van der Waals surface area contributed by atoms with E-state index >= 15 is 0 Å². The van der Waals surface area contributed by atoms with Crippen molar-refractivity contribution in [2.24, 2.45) is 0 Å². The normalized spacial score (nSPS) is 14.1. The Labute approximate surface area is 211 Å². The van der Waals surface area contributed by atoms with Crippen molar-refractivity contribution in [3.63, 3.8) is 0 Å². The molecule has 9 nitrogen and oxygen atoms in total. The van der Waals surface area contributed by atoms with Crippen LogP contribution >= 0.6 is 0 Å². The first-order valence-electron chi connectivity index (χ1n) is 11.5. The molecule has 0 aliphatic carbocycles. The first kappa shape index (κ1) is 27.3. The highest BCUT2D eigenvalue weighted by molar-refractivity contribution is 7.92. The molecular formula is C25H32FN3O6S. The van der Waals surface area contributed by atoms with Crippen molar-refractivity contribution in [3.8, 4) is 11.5 Å². The third-order valence-corrected chi connectivity index (χ3v) is 6.60. The topological polar surface area (TPSA) is 105 Å². The first-order valence-corrected chi connectivity index (χ1v) is 13.3. The quantitative estimate of drug-likeness (QED) is 0.573. The number of carbonyl (C=O) groups excluding carboxylic acids is 2. The van der Waals surface area contributed by atoms with E-state index in [1.807, 2.05) is 0 Å². The second kappa shape index (κ2) is 10.7. The lowest BCUT2D eigenvalue weighted by Gasteiger charge is -2.33. The fourth-order valence-electron chi connectivity index (χ4n) is 3.67. The van der Waals surface area contributed by atoms with Crippen LogP contribution in [0.15, 0.2) is 42.5 Å². The molecule has 11 heteroatoms. The summed E-state index contributed by atoms with van der Waals surface area (Å²) in [4.78, 5) is 27.7. The molecule has 1 aliphatic heterocycles. The largest absolute Gasteiger partial charge is 0.486 e. The summed E-state index contributed by atoms with van der Waals surface area (Å²) < 4.78 is 51.8. The summed E-state index contributed by atoms with van der Waals surface area (Å²) in [5.74, 6) is -0.822. The maximum atomic E-state index is 14.5. The Balaban J connectivity index is 1.94. The summed E-state index contributed by atoms with van der Waals surface area (Å²) in [7, 11) is -3.91. The number of carbonyl (C=O) groups is 2. The van der Waals surface area contributed by atoms with Crippen molar-refractivity contribution in [2.75, 3.05) is 30.3 Å². The van der Waals surface area contributed by atoms with Crippen LogP contribution in [0.4, 0.5) is 10.1 Å². The number of amides is 2. The fraction of sp³-hybridized carbons (Fsp3) is 0.440. The Kier molecular flexibility index (Phi) is 8.12. The molecule has 0 saturated heterocycles. The molecule has 0 bridgehead atoms. The number of sulfonamides is 1. The van der Waals surface area contributed by atoms with Crippen LogP contribution in [0, 0.1) is 5.82 Å². The summed E-state index contributed by atoms with van der Waals surface area (Å²) in [6.07, 6.45) is 0.980. The van der Waals surface area contributed by atoms with Gasteiger partial charge in [-0.2, -0.15) is 0 Å². The Morgan fingerprint density at radius 2 is 1.72 bits per heavy atom.